The highest BCUT2D eigenvalue weighted by atomic mass is 16.2. The third kappa shape index (κ3) is 6.22. The molecule has 0 spiro atoms. The second-order valence-corrected chi connectivity index (χ2v) is 9.25. The second kappa shape index (κ2) is 10.7. The maximum Gasteiger partial charge on any atom is 0.242 e. The number of nitrogens with zero attached hydrogens (tertiary/aromatic N) is 3. The lowest BCUT2D eigenvalue weighted by Crippen LogP contribution is -2.45. The minimum Gasteiger partial charge on any atom is -0.353 e. The Balaban J connectivity index is 1.68. The summed E-state index contributed by atoms with van der Waals surface area (Å²) >= 11 is 0. The van der Waals surface area contributed by atoms with Crippen LogP contribution in [0.15, 0.2) is 48.7 Å². The van der Waals surface area contributed by atoms with Crippen molar-refractivity contribution in [2.75, 3.05) is 19.6 Å². The summed E-state index contributed by atoms with van der Waals surface area (Å²) in [6.07, 6.45) is 4.81. The summed E-state index contributed by atoms with van der Waals surface area (Å²) in [6, 6.07) is 14.3. The number of carbonyl (C=O) groups is 2. The summed E-state index contributed by atoms with van der Waals surface area (Å²) in [7, 11) is 2.00. The van der Waals surface area contributed by atoms with Gasteiger partial charge in [0.15, 0.2) is 0 Å². The molecule has 1 fully saturated rings. The number of unbranched alkanes of at least 4 members (excludes halogenated alkanes) is 1. The van der Waals surface area contributed by atoms with Crippen molar-refractivity contribution in [1.29, 1.82) is 0 Å². The molecule has 2 aromatic rings. The average Bonchev–Trinajstić information content (AvgIpc) is 3.46. The molecular formula is C26H37N3O2. The van der Waals surface area contributed by atoms with Crippen molar-refractivity contribution in [2.24, 2.45) is 18.9 Å². The van der Waals surface area contributed by atoms with Gasteiger partial charge in [-0.05, 0) is 42.4 Å². The molecule has 1 aromatic carbocycles. The predicted molar refractivity (Wildman–Crippen MR) is 124 cm³/mol. The van der Waals surface area contributed by atoms with E-state index in [0.717, 1.165) is 25.0 Å². The first-order valence-electron chi connectivity index (χ1n) is 11.6. The van der Waals surface area contributed by atoms with Crippen molar-refractivity contribution >= 4 is 11.8 Å². The molecule has 1 aliphatic carbocycles. The highest BCUT2D eigenvalue weighted by Gasteiger charge is 2.45. The monoisotopic (exact) mass is 423 g/mol. The van der Waals surface area contributed by atoms with Crippen LogP contribution in [-0.4, -0.2) is 45.8 Å². The summed E-state index contributed by atoms with van der Waals surface area (Å²) < 4.78 is 2.05. The van der Waals surface area contributed by atoms with Gasteiger partial charge in [-0.2, -0.15) is 0 Å². The second-order valence-electron chi connectivity index (χ2n) is 9.25. The van der Waals surface area contributed by atoms with Gasteiger partial charge in [-0.25, -0.2) is 0 Å². The Kier molecular flexibility index (Phi) is 7.94. The van der Waals surface area contributed by atoms with Crippen LogP contribution in [0.1, 0.15) is 57.2 Å². The van der Waals surface area contributed by atoms with Gasteiger partial charge in [0.05, 0.1) is 13.1 Å². The van der Waals surface area contributed by atoms with E-state index in [-0.39, 0.29) is 24.3 Å². The Morgan fingerprint density at radius 3 is 2.45 bits per heavy atom. The van der Waals surface area contributed by atoms with Crippen molar-refractivity contribution < 1.29 is 9.59 Å². The van der Waals surface area contributed by atoms with Gasteiger partial charge in [0.2, 0.25) is 11.8 Å². The number of rotatable bonds is 11. The lowest BCUT2D eigenvalue weighted by molar-refractivity contribution is -0.142. The summed E-state index contributed by atoms with van der Waals surface area (Å²) in [5.74, 6) is 0.853. The lowest BCUT2D eigenvalue weighted by Gasteiger charge is -2.29. The Labute approximate surface area is 187 Å². The number of amides is 2. The molecule has 0 N–H and O–H groups in total. The smallest absolute Gasteiger partial charge is 0.242 e. The standard InChI is InChI=1S/C26H37N3O2/c1-5-6-15-28(26(31)24-16-23(24)21-11-8-7-9-12-21)19-25(30)29(17-20(2)3)18-22-13-10-14-27(22)4/h7-14,20,23-24H,5-6,15-19H2,1-4H3. The minimum absolute atomic E-state index is 0.0125. The molecule has 5 nitrogen and oxygen atoms in total. The van der Waals surface area contributed by atoms with E-state index in [1.807, 2.05) is 47.3 Å². The third-order valence-corrected chi connectivity index (χ3v) is 6.10. The molecule has 3 rings (SSSR count). The molecule has 0 saturated heterocycles. The van der Waals surface area contributed by atoms with Gasteiger partial charge < -0.3 is 14.4 Å². The van der Waals surface area contributed by atoms with Crippen molar-refractivity contribution in [1.82, 2.24) is 14.4 Å². The fourth-order valence-electron chi connectivity index (χ4n) is 4.20. The Hall–Kier alpha value is -2.56. The van der Waals surface area contributed by atoms with Crippen LogP contribution in [-0.2, 0) is 23.2 Å². The molecule has 1 aromatic heterocycles. The molecule has 2 amide bonds. The molecule has 31 heavy (non-hydrogen) atoms. The summed E-state index contributed by atoms with van der Waals surface area (Å²) in [5, 5.41) is 0. The van der Waals surface area contributed by atoms with E-state index >= 15 is 0 Å². The number of benzene rings is 1. The Morgan fingerprint density at radius 1 is 1.10 bits per heavy atom. The minimum atomic E-state index is 0.0125. The number of hydrogen-bond donors (Lipinski definition) is 0. The van der Waals surface area contributed by atoms with Gasteiger partial charge in [-0.3, -0.25) is 9.59 Å². The number of carbonyl (C=O) groups excluding carboxylic acids is 2. The molecule has 5 heteroatoms. The summed E-state index contributed by atoms with van der Waals surface area (Å²) in [4.78, 5) is 30.3. The molecule has 2 atom stereocenters. The quantitative estimate of drug-likeness (QED) is 0.536. The van der Waals surface area contributed by atoms with E-state index in [9.17, 15) is 9.59 Å². The molecule has 1 aliphatic rings. The molecule has 0 bridgehead atoms. The average molecular weight is 424 g/mol. The molecular weight excluding hydrogens is 386 g/mol. The van der Waals surface area contributed by atoms with Crippen LogP contribution in [0.3, 0.4) is 0 Å². The van der Waals surface area contributed by atoms with Crippen LogP contribution >= 0.6 is 0 Å². The topological polar surface area (TPSA) is 45.6 Å². The molecule has 2 unspecified atom stereocenters. The van der Waals surface area contributed by atoms with Gasteiger partial charge in [0.25, 0.3) is 0 Å². The largest absolute Gasteiger partial charge is 0.353 e. The van der Waals surface area contributed by atoms with E-state index < -0.39 is 0 Å². The number of aryl methyl sites for hydroxylation is 1. The van der Waals surface area contributed by atoms with Crippen molar-refractivity contribution in [3.8, 4) is 0 Å². The molecule has 0 radical (unpaired) electrons. The number of hydrogen-bond acceptors (Lipinski definition) is 2. The highest BCUT2D eigenvalue weighted by Crippen LogP contribution is 2.48. The molecule has 168 valence electrons. The van der Waals surface area contributed by atoms with Gasteiger partial charge in [0, 0.05) is 37.9 Å². The summed E-state index contributed by atoms with van der Waals surface area (Å²) in [6.45, 7) is 8.46. The molecule has 1 saturated carbocycles. The first-order valence-corrected chi connectivity index (χ1v) is 11.6. The van der Waals surface area contributed by atoms with Crippen LogP contribution in [0.5, 0.6) is 0 Å². The molecule has 0 aliphatic heterocycles. The first-order chi connectivity index (χ1) is 14.9. The Morgan fingerprint density at radius 2 is 1.84 bits per heavy atom. The lowest BCUT2D eigenvalue weighted by atomic mass is 10.1. The summed E-state index contributed by atoms with van der Waals surface area (Å²) in [5.41, 5.74) is 2.33. The van der Waals surface area contributed by atoms with E-state index in [0.29, 0.717) is 31.5 Å². The van der Waals surface area contributed by atoms with Gasteiger partial charge in [-0.15, -0.1) is 0 Å². The zero-order chi connectivity index (χ0) is 22.4. The SMILES string of the molecule is CCCCN(CC(=O)N(Cc1cccn1C)CC(C)C)C(=O)C1CC1c1ccccc1. The van der Waals surface area contributed by atoms with E-state index in [2.05, 4.69) is 43.5 Å². The molecule has 1 heterocycles. The van der Waals surface area contributed by atoms with Crippen LogP contribution < -0.4 is 0 Å². The highest BCUT2D eigenvalue weighted by molar-refractivity contribution is 5.88. The van der Waals surface area contributed by atoms with E-state index in [1.165, 1.54) is 5.56 Å². The third-order valence-electron chi connectivity index (χ3n) is 6.10. The van der Waals surface area contributed by atoms with Crippen LogP contribution in [0.4, 0.5) is 0 Å². The van der Waals surface area contributed by atoms with Gasteiger partial charge >= 0.3 is 0 Å². The number of aromatic nitrogens is 1. The first kappa shape index (κ1) is 23.1. The van der Waals surface area contributed by atoms with Crippen molar-refractivity contribution in [3.63, 3.8) is 0 Å². The van der Waals surface area contributed by atoms with Gasteiger partial charge in [0.1, 0.15) is 0 Å². The maximum absolute atomic E-state index is 13.3. The zero-order valence-electron chi connectivity index (χ0n) is 19.5. The van der Waals surface area contributed by atoms with Crippen LogP contribution in [0.2, 0.25) is 0 Å². The fraction of sp³-hybridized carbons (Fsp3) is 0.538. The van der Waals surface area contributed by atoms with Crippen LogP contribution in [0, 0.1) is 11.8 Å². The predicted octanol–water partition coefficient (Wildman–Crippen LogP) is 4.44. The van der Waals surface area contributed by atoms with Gasteiger partial charge in [-0.1, -0.05) is 57.5 Å². The zero-order valence-corrected chi connectivity index (χ0v) is 19.5. The maximum atomic E-state index is 13.3. The van der Waals surface area contributed by atoms with E-state index in [4.69, 9.17) is 0 Å². The normalized spacial score (nSPS) is 17.6. The van der Waals surface area contributed by atoms with Crippen molar-refractivity contribution in [3.05, 3.63) is 59.9 Å². The van der Waals surface area contributed by atoms with E-state index in [1.54, 1.807) is 0 Å². The fourth-order valence-corrected chi connectivity index (χ4v) is 4.20. The van der Waals surface area contributed by atoms with Crippen molar-refractivity contribution in [2.45, 2.75) is 52.5 Å². The van der Waals surface area contributed by atoms with Crippen LogP contribution in [0.25, 0.3) is 0 Å². The Bertz CT molecular complexity index is 859.